The molecule has 0 fully saturated rings. The maximum atomic E-state index is 5.58. The van der Waals surface area contributed by atoms with Crippen LogP contribution in [0, 0.1) is 0 Å². The van der Waals surface area contributed by atoms with Crippen molar-refractivity contribution in [3.8, 4) is 0 Å². The summed E-state index contributed by atoms with van der Waals surface area (Å²) in [4.78, 5) is 8.67. The molecule has 3 N–H and O–H groups in total. The second-order valence-electron chi connectivity index (χ2n) is 3.79. The van der Waals surface area contributed by atoms with Crippen LogP contribution in [0.15, 0.2) is 45.6 Å². The molecule has 2 aromatic heterocycles. The topological polar surface area (TPSA) is 63.8 Å². The van der Waals surface area contributed by atoms with Crippen molar-refractivity contribution in [1.82, 2.24) is 15.4 Å². The molecule has 0 bridgehead atoms. The Morgan fingerprint density at radius 2 is 1.72 bits per heavy atom. The van der Waals surface area contributed by atoms with Gasteiger partial charge in [-0.15, -0.1) is 0 Å². The molecule has 2 heterocycles. The summed E-state index contributed by atoms with van der Waals surface area (Å²) in [5.74, 6) is 5.58. The summed E-state index contributed by atoms with van der Waals surface area (Å²) in [5.41, 5.74) is 4.63. The van der Waals surface area contributed by atoms with Crippen LogP contribution in [0.2, 0.25) is 0 Å². The third kappa shape index (κ3) is 3.58. The number of hydrogen-bond donors (Lipinski definition) is 2. The Balaban J connectivity index is 2.14. The number of nitrogens with one attached hydrogen (secondary N) is 1. The fourth-order valence-corrected chi connectivity index (χ4v) is 2.05. The maximum absolute atomic E-state index is 5.58. The molecule has 1 atom stereocenters. The lowest BCUT2D eigenvalue weighted by Gasteiger charge is -2.14. The maximum Gasteiger partial charge on any atom is 0.0687 e. The number of hydrazine groups is 1. The van der Waals surface area contributed by atoms with Gasteiger partial charge in [0.1, 0.15) is 0 Å². The molecule has 0 saturated carbocycles. The van der Waals surface area contributed by atoms with Crippen molar-refractivity contribution >= 4 is 31.9 Å². The molecule has 2 aromatic rings. The highest BCUT2D eigenvalue weighted by Gasteiger charge is 2.12. The highest BCUT2D eigenvalue weighted by Crippen LogP contribution is 2.17. The van der Waals surface area contributed by atoms with Crippen molar-refractivity contribution in [3.63, 3.8) is 0 Å². The van der Waals surface area contributed by atoms with Crippen LogP contribution in [0.1, 0.15) is 17.4 Å². The van der Waals surface area contributed by atoms with E-state index in [4.69, 9.17) is 5.84 Å². The predicted molar refractivity (Wildman–Crippen MR) is 77.6 cm³/mol. The van der Waals surface area contributed by atoms with Crippen LogP contribution in [0.3, 0.4) is 0 Å². The van der Waals surface area contributed by atoms with Crippen molar-refractivity contribution < 1.29 is 0 Å². The fourth-order valence-electron chi connectivity index (χ4n) is 1.58. The van der Waals surface area contributed by atoms with E-state index in [9.17, 15) is 0 Å². The number of hydrogen-bond acceptors (Lipinski definition) is 4. The second kappa shape index (κ2) is 6.38. The number of halogens is 2. The molecule has 0 amide bonds. The van der Waals surface area contributed by atoms with E-state index in [1.807, 2.05) is 24.3 Å². The molecule has 0 radical (unpaired) electrons. The molecule has 1 unspecified atom stereocenters. The van der Waals surface area contributed by atoms with E-state index in [0.717, 1.165) is 20.3 Å². The summed E-state index contributed by atoms with van der Waals surface area (Å²) in [6.07, 6.45) is 4.23. The number of nitrogens with zero attached hydrogens (tertiary/aromatic N) is 2. The van der Waals surface area contributed by atoms with E-state index in [1.54, 1.807) is 12.4 Å². The molecular weight excluding hydrogens is 360 g/mol. The smallest absolute Gasteiger partial charge is 0.0687 e. The van der Waals surface area contributed by atoms with Crippen LogP contribution in [-0.2, 0) is 6.42 Å². The standard InChI is InChI=1S/C12H12Br2N4/c13-8-1-3-10(16-6-8)5-12(18-15)11-4-2-9(14)7-17-11/h1-4,6-7,12,18H,5,15H2. The van der Waals surface area contributed by atoms with E-state index in [0.29, 0.717) is 6.42 Å². The van der Waals surface area contributed by atoms with Gasteiger partial charge in [-0.05, 0) is 56.1 Å². The van der Waals surface area contributed by atoms with Crippen molar-refractivity contribution in [2.75, 3.05) is 0 Å². The van der Waals surface area contributed by atoms with Crippen LogP contribution >= 0.6 is 31.9 Å². The van der Waals surface area contributed by atoms with Gasteiger partial charge in [-0.25, -0.2) is 0 Å². The minimum Gasteiger partial charge on any atom is -0.271 e. The summed E-state index contributed by atoms with van der Waals surface area (Å²) >= 11 is 6.72. The van der Waals surface area contributed by atoms with E-state index >= 15 is 0 Å². The van der Waals surface area contributed by atoms with Crippen LogP contribution in [0.5, 0.6) is 0 Å². The largest absolute Gasteiger partial charge is 0.271 e. The molecule has 0 aliphatic heterocycles. The molecule has 0 aliphatic rings. The minimum absolute atomic E-state index is 0.0493. The van der Waals surface area contributed by atoms with Gasteiger partial charge in [0.05, 0.1) is 11.7 Å². The quantitative estimate of drug-likeness (QED) is 0.640. The molecule has 6 heteroatoms. The summed E-state index contributed by atoms with van der Waals surface area (Å²) in [6.45, 7) is 0. The second-order valence-corrected chi connectivity index (χ2v) is 5.62. The third-order valence-electron chi connectivity index (χ3n) is 2.51. The van der Waals surface area contributed by atoms with Gasteiger partial charge in [-0.3, -0.25) is 21.2 Å². The summed E-state index contributed by atoms with van der Waals surface area (Å²) in [6, 6.07) is 7.76. The van der Waals surface area contributed by atoms with Gasteiger partial charge in [-0.1, -0.05) is 0 Å². The number of nitrogens with two attached hydrogens (primary N) is 1. The van der Waals surface area contributed by atoms with Gasteiger partial charge < -0.3 is 0 Å². The van der Waals surface area contributed by atoms with Gasteiger partial charge >= 0.3 is 0 Å². The van der Waals surface area contributed by atoms with Crippen molar-refractivity contribution in [1.29, 1.82) is 0 Å². The Morgan fingerprint density at radius 3 is 2.22 bits per heavy atom. The third-order valence-corrected chi connectivity index (χ3v) is 3.45. The lowest BCUT2D eigenvalue weighted by atomic mass is 10.1. The van der Waals surface area contributed by atoms with E-state index in [-0.39, 0.29) is 6.04 Å². The van der Waals surface area contributed by atoms with Gasteiger partial charge in [0, 0.05) is 33.5 Å². The van der Waals surface area contributed by atoms with Gasteiger partial charge in [-0.2, -0.15) is 0 Å². The SMILES string of the molecule is NNC(Cc1ccc(Br)cn1)c1ccc(Br)cn1. The van der Waals surface area contributed by atoms with Gasteiger partial charge in [0.15, 0.2) is 0 Å². The minimum atomic E-state index is -0.0493. The van der Waals surface area contributed by atoms with E-state index in [1.165, 1.54) is 0 Å². The molecule has 0 aliphatic carbocycles. The van der Waals surface area contributed by atoms with Crippen LogP contribution in [-0.4, -0.2) is 9.97 Å². The normalized spacial score (nSPS) is 12.4. The zero-order valence-electron chi connectivity index (χ0n) is 9.48. The van der Waals surface area contributed by atoms with Crippen molar-refractivity contribution in [2.24, 2.45) is 5.84 Å². The Kier molecular flexibility index (Phi) is 4.82. The first kappa shape index (κ1) is 13.6. The lowest BCUT2D eigenvalue weighted by molar-refractivity contribution is 0.532. The molecule has 0 spiro atoms. The summed E-state index contributed by atoms with van der Waals surface area (Å²) in [7, 11) is 0. The first-order valence-corrected chi connectivity index (χ1v) is 6.95. The molecule has 0 saturated heterocycles. The molecular formula is C12H12Br2N4. The van der Waals surface area contributed by atoms with Crippen molar-refractivity contribution in [3.05, 3.63) is 57.0 Å². The number of aromatic nitrogens is 2. The summed E-state index contributed by atoms with van der Waals surface area (Å²) in [5, 5.41) is 0. The molecule has 4 nitrogen and oxygen atoms in total. The van der Waals surface area contributed by atoms with Gasteiger partial charge in [0.2, 0.25) is 0 Å². The molecule has 94 valence electrons. The first-order valence-electron chi connectivity index (χ1n) is 5.37. The molecule has 2 rings (SSSR count). The predicted octanol–water partition coefficient (Wildman–Crippen LogP) is 2.75. The van der Waals surface area contributed by atoms with Crippen molar-refractivity contribution in [2.45, 2.75) is 12.5 Å². The first-order chi connectivity index (χ1) is 8.69. The van der Waals surface area contributed by atoms with Crippen LogP contribution in [0.4, 0.5) is 0 Å². The van der Waals surface area contributed by atoms with Crippen LogP contribution in [0.25, 0.3) is 0 Å². The zero-order valence-corrected chi connectivity index (χ0v) is 12.6. The van der Waals surface area contributed by atoms with E-state index < -0.39 is 0 Å². The highest BCUT2D eigenvalue weighted by molar-refractivity contribution is 9.10. The highest BCUT2D eigenvalue weighted by atomic mass is 79.9. The Bertz CT molecular complexity index is 498. The van der Waals surface area contributed by atoms with Gasteiger partial charge in [0.25, 0.3) is 0 Å². The fraction of sp³-hybridized carbons (Fsp3) is 0.167. The number of rotatable bonds is 4. The molecule has 0 aromatic carbocycles. The zero-order chi connectivity index (χ0) is 13.0. The Labute approximate surface area is 122 Å². The average molecular weight is 372 g/mol. The Hall–Kier alpha value is -0.820. The lowest BCUT2D eigenvalue weighted by Crippen LogP contribution is -2.30. The summed E-state index contributed by atoms with van der Waals surface area (Å²) < 4.78 is 1.91. The van der Waals surface area contributed by atoms with E-state index in [2.05, 4.69) is 47.3 Å². The average Bonchev–Trinajstić information content (AvgIpc) is 2.39. The molecule has 18 heavy (non-hydrogen) atoms. The monoisotopic (exact) mass is 370 g/mol. The number of pyridine rings is 2. The van der Waals surface area contributed by atoms with Crippen LogP contribution < -0.4 is 11.3 Å². The Morgan fingerprint density at radius 1 is 1.06 bits per heavy atom.